The molecule has 0 amide bonds. The Morgan fingerprint density at radius 2 is 1.38 bits per heavy atom. The van der Waals surface area contributed by atoms with Gasteiger partial charge in [-0.3, -0.25) is 9.78 Å². The zero-order chi connectivity index (χ0) is 24.2. The number of aryl methyl sites for hydroxylation is 1. The molecule has 7 nitrogen and oxygen atoms in total. The summed E-state index contributed by atoms with van der Waals surface area (Å²) in [6, 6.07) is 21.8. The van der Waals surface area contributed by atoms with Gasteiger partial charge in [0.15, 0.2) is 11.5 Å². The van der Waals surface area contributed by atoms with Crippen LogP contribution in [-0.4, -0.2) is 24.8 Å². The lowest BCUT2D eigenvalue weighted by Gasteiger charge is -2.10. The minimum absolute atomic E-state index is 0.199. The molecule has 34 heavy (non-hydrogen) atoms. The highest BCUT2D eigenvalue weighted by Crippen LogP contribution is 2.32. The van der Waals surface area contributed by atoms with Crippen LogP contribution >= 0.6 is 0 Å². The molecule has 0 spiro atoms. The number of hydrogen-bond acceptors (Lipinski definition) is 7. The van der Waals surface area contributed by atoms with E-state index in [2.05, 4.69) is 53.2 Å². The first-order valence-corrected chi connectivity index (χ1v) is 11.3. The Morgan fingerprint density at radius 3 is 1.97 bits per heavy atom. The summed E-state index contributed by atoms with van der Waals surface area (Å²) in [6.07, 6.45) is 4.62. The van der Waals surface area contributed by atoms with Crippen LogP contribution in [-0.2, 0) is 26.0 Å². The lowest BCUT2D eigenvalue weighted by atomic mass is 9.98. The Hall–Kier alpha value is -3.39. The van der Waals surface area contributed by atoms with Crippen molar-refractivity contribution in [3.63, 3.8) is 0 Å². The molecule has 0 heterocycles. The Morgan fingerprint density at radius 1 is 0.794 bits per heavy atom. The van der Waals surface area contributed by atoms with E-state index in [1.165, 1.54) is 38.0 Å². The van der Waals surface area contributed by atoms with Crippen molar-refractivity contribution in [2.75, 3.05) is 13.7 Å². The molecule has 180 valence electrons. The van der Waals surface area contributed by atoms with Crippen LogP contribution in [0.5, 0.6) is 11.5 Å². The number of hydrogen-bond donors (Lipinski definition) is 1. The fourth-order valence-electron chi connectivity index (χ4n) is 3.46. The second-order valence-electron chi connectivity index (χ2n) is 7.75. The molecule has 0 saturated heterocycles. The molecule has 3 rings (SSSR count). The average Bonchev–Trinajstić information content (AvgIpc) is 2.85. The standard InChI is InChI=1S/C27H30O7/c1-3-4-5-6-20-7-9-21(10-8-20)22-11-13-23(14-12-22)24-17-25(31-30-2)19-26(18-24)32-34-33-27(29)15-16-28/h7-14,17-19,28H,3-6,15-16H2,1-2H3. The number of aliphatic hydroxyl groups excluding tert-OH is 1. The Balaban J connectivity index is 1.72. The van der Waals surface area contributed by atoms with Gasteiger partial charge in [-0.1, -0.05) is 68.3 Å². The van der Waals surface area contributed by atoms with E-state index in [1.807, 2.05) is 12.1 Å². The summed E-state index contributed by atoms with van der Waals surface area (Å²) in [4.78, 5) is 30.7. The summed E-state index contributed by atoms with van der Waals surface area (Å²) in [7, 11) is 1.39. The van der Waals surface area contributed by atoms with Gasteiger partial charge in [0.2, 0.25) is 0 Å². The minimum atomic E-state index is -0.753. The van der Waals surface area contributed by atoms with Crippen molar-refractivity contribution in [3.05, 3.63) is 72.3 Å². The Labute approximate surface area is 199 Å². The average molecular weight is 467 g/mol. The highest BCUT2D eigenvalue weighted by Gasteiger charge is 2.10. The third kappa shape index (κ3) is 7.59. The number of unbranched alkanes of at least 4 members (excludes halogenated alkanes) is 2. The molecule has 0 aliphatic carbocycles. The fraction of sp³-hybridized carbons (Fsp3) is 0.296. The van der Waals surface area contributed by atoms with Gasteiger partial charge >= 0.3 is 5.97 Å². The molecule has 3 aromatic rings. The van der Waals surface area contributed by atoms with Gasteiger partial charge in [0.1, 0.15) is 0 Å². The van der Waals surface area contributed by atoms with Crippen LogP contribution in [0.3, 0.4) is 0 Å². The number of benzene rings is 3. The van der Waals surface area contributed by atoms with Gasteiger partial charge in [-0.05, 0) is 52.8 Å². The lowest BCUT2D eigenvalue weighted by Crippen LogP contribution is -2.09. The molecule has 0 unspecified atom stereocenters. The zero-order valence-corrected chi connectivity index (χ0v) is 19.5. The highest BCUT2D eigenvalue weighted by molar-refractivity contribution is 5.72. The van der Waals surface area contributed by atoms with Crippen molar-refractivity contribution < 1.29 is 34.5 Å². The van der Waals surface area contributed by atoms with Gasteiger partial charge in [-0.2, -0.15) is 4.89 Å². The lowest BCUT2D eigenvalue weighted by molar-refractivity contribution is -0.437. The highest BCUT2D eigenvalue weighted by atomic mass is 17.5. The van der Waals surface area contributed by atoms with Crippen molar-refractivity contribution in [2.45, 2.75) is 39.0 Å². The topological polar surface area (TPSA) is 83.5 Å². The maximum absolute atomic E-state index is 11.3. The maximum Gasteiger partial charge on any atom is 0.348 e. The number of carbonyl (C=O) groups excluding carboxylic acids is 1. The van der Waals surface area contributed by atoms with Gasteiger partial charge in [0.05, 0.1) is 20.1 Å². The summed E-state index contributed by atoms with van der Waals surface area (Å²) < 4.78 is 0. The summed E-state index contributed by atoms with van der Waals surface area (Å²) in [5, 5.41) is 13.2. The van der Waals surface area contributed by atoms with E-state index in [-0.39, 0.29) is 18.8 Å². The van der Waals surface area contributed by atoms with E-state index >= 15 is 0 Å². The Bertz CT molecular complexity index is 1030. The summed E-state index contributed by atoms with van der Waals surface area (Å²) in [5.41, 5.74) is 5.34. The monoisotopic (exact) mass is 466 g/mol. The molecule has 0 aromatic heterocycles. The van der Waals surface area contributed by atoms with Gasteiger partial charge in [-0.25, -0.2) is 4.79 Å². The summed E-state index contributed by atoms with van der Waals surface area (Å²) in [5.74, 6) is -0.135. The fourth-order valence-corrected chi connectivity index (χ4v) is 3.46. The molecule has 3 aromatic carbocycles. The Kier molecular flexibility index (Phi) is 9.91. The molecule has 0 saturated carbocycles. The van der Waals surface area contributed by atoms with Crippen LogP contribution in [0.1, 0.15) is 38.2 Å². The van der Waals surface area contributed by atoms with Gasteiger partial charge in [-0.15, -0.1) is 0 Å². The number of rotatable bonds is 13. The third-order valence-electron chi connectivity index (χ3n) is 5.21. The van der Waals surface area contributed by atoms with Gasteiger partial charge in [0.25, 0.3) is 0 Å². The second-order valence-corrected chi connectivity index (χ2v) is 7.75. The summed E-state index contributed by atoms with van der Waals surface area (Å²) in [6.45, 7) is 1.87. The predicted molar refractivity (Wildman–Crippen MR) is 128 cm³/mol. The molecule has 0 aliphatic rings. The van der Waals surface area contributed by atoms with Crippen molar-refractivity contribution in [3.8, 4) is 33.8 Å². The first-order chi connectivity index (χ1) is 16.6. The van der Waals surface area contributed by atoms with Crippen LogP contribution < -0.4 is 9.78 Å². The van der Waals surface area contributed by atoms with Gasteiger partial charge in [0, 0.05) is 11.1 Å². The van der Waals surface area contributed by atoms with Crippen LogP contribution in [0, 0.1) is 0 Å². The van der Waals surface area contributed by atoms with Crippen LogP contribution in [0.15, 0.2) is 66.7 Å². The molecule has 1 N–H and O–H groups in total. The number of carbonyl (C=O) groups is 1. The zero-order valence-electron chi connectivity index (χ0n) is 19.5. The largest absolute Gasteiger partial charge is 0.396 e. The van der Waals surface area contributed by atoms with Crippen LogP contribution in [0.25, 0.3) is 22.3 Å². The molecular weight excluding hydrogens is 436 g/mol. The van der Waals surface area contributed by atoms with Crippen LogP contribution in [0.2, 0.25) is 0 Å². The van der Waals surface area contributed by atoms with E-state index in [0.717, 1.165) is 28.7 Å². The minimum Gasteiger partial charge on any atom is -0.396 e. The van der Waals surface area contributed by atoms with Crippen molar-refractivity contribution in [2.24, 2.45) is 0 Å². The van der Waals surface area contributed by atoms with E-state index in [4.69, 9.17) is 19.8 Å². The molecule has 0 atom stereocenters. The maximum atomic E-state index is 11.3. The molecule has 0 fully saturated rings. The molecule has 0 aliphatic heterocycles. The van der Waals surface area contributed by atoms with E-state index in [0.29, 0.717) is 5.75 Å². The normalized spacial score (nSPS) is 10.7. The quantitative estimate of drug-likeness (QED) is 0.192. The van der Waals surface area contributed by atoms with Crippen LogP contribution in [0.4, 0.5) is 0 Å². The van der Waals surface area contributed by atoms with E-state index in [1.54, 1.807) is 12.1 Å². The third-order valence-corrected chi connectivity index (χ3v) is 5.21. The first kappa shape index (κ1) is 25.2. The molecule has 0 bridgehead atoms. The first-order valence-electron chi connectivity index (χ1n) is 11.3. The number of aliphatic hydroxyl groups is 1. The van der Waals surface area contributed by atoms with Crippen molar-refractivity contribution in [1.29, 1.82) is 0 Å². The smallest absolute Gasteiger partial charge is 0.348 e. The predicted octanol–water partition coefficient (Wildman–Crippen LogP) is 5.84. The van der Waals surface area contributed by atoms with Crippen molar-refractivity contribution >= 4 is 5.97 Å². The van der Waals surface area contributed by atoms with E-state index < -0.39 is 5.97 Å². The van der Waals surface area contributed by atoms with Crippen molar-refractivity contribution in [1.82, 2.24) is 0 Å². The molecule has 0 radical (unpaired) electrons. The van der Waals surface area contributed by atoms with E-state index in [9.17, 15) is 4.79 Å². The van der Waals surface area contributed by atoms with Gasteiger partial charge < -0.3 is 9.99 Å². The second kappa shape index (κ2) is 13.3. The summed E-state index contributed by atoms with van der Waals surface area (Å²) >= 11 is 0. The molecule has 7 heteroatoms. The molecular formula is C27H30O7. The SMILES string of the molecule is CCCCCc1ccc(-c2ccc(-c3cc(OOC)cc(OOOC(=O)CCO)c3)cc2)cc1.